The molecule has 2 aromatic heterocycles. The monoisotopic (exact) mass is 372 g/mol. The second kappa shape index (κ2) is 7.22. The molecule has 1 atom stereocenters. The highest BCUT2D eigenvalue weighted by atomic mass is 16.3. The van der Waals surface area contributed by atoms with Gasteiger partial charge in [-0.3, -0.25) is 9.20 Å². The molecule has 28 heavy (non-hydrogen) atoms. The minimum Gasteiger partial charge on any atom is -0.389 e. The number of nitrogens with zero attached hydrogens (tertiary/aromatic N) is 3. The van der Waals surface area contributed by atoms with E-state index in [1.165, 1.54) is 6.07 Å². The van der Waals surface area contributed by atoms with Gasteiger partial charge in [0.25, 0.3) is 5.56 Å². The molecule has 140 valence electrons. The van der Waals surface area contributed by atoms with Gasteiger partial charge in [-0.15, -0.1) is 0 Å². The Labute approximate surface area is 161 Å². The van der Waals surface area contributed by atoms with E-state index >= 15 is 0 Å². The summed E-state index contributed by atoms with van der Waals surface area (Å²) in [5.41, 5.74) is 3.87. The summed E-state index contributed by atoms with van der Waals surface area (Å²) >= 11 is 0. The molecule has 2 aromatic carbocycles. The molecule has 0 aliphatic heterocycles. The van der Waals surface area contributed by atoms with Gasteiger partial charge in [0, 0.05) is 18.3 Å². The molecule has 2 heterocycles. The van der Waals surface area contributed by atoms with E-state index in [4.69, 9.17) is 0 Å². The van der Waals surface area contributed by atoms with Gasteiger partial charge in [-0.2, -0.15) is 5.26 Å². The zero-order valence-corrected chi connectivity index (χ0v) is 15.5. The van der Waals surface area contributed by atoms with Crippen LogP contribution in [0.4, 0.5) is 5.69 Å². The Balaban J connectivity index is 1.79. The first-order valence-electron chi connectivity index (χ1n) is 9.11. The number of aliphatic hydroxyl groups excluding tert-OH is 1. The molecule has 0 spiro atoms. The van der Waals surface area contributed by atoms with Crippen molar-refractivity contribution >= 4 is 22.4 Å². The fourth-order valence-corrected chi connectivity index (χ4v) is 3.59. The highest BCUT2D eigenvalue weighted by molar-refractivity contribution is 5.84. The first-order valence-corrected chi connectivity index (χ1v) is 9.11. The number of para-hydroxylation sites is 3. The van der Waals surface area contributed by atoms with Gasteiger partial charge in [0.1, 0.15) is 11.7 Å². The lowest BCUT2D eigenvalue weighted by Gasteiger charge is -2.15. The highest BCUT2D eigenvalue weighted by Crippen LogP contribution is 2.24. The highest BCUT2D eigenvalue weighted by Gasteiger charge is 2.19. The predicted molar refractivity (Wildman–Crippen MR) is 110 cm³/mol. The smallest absolute Gasteiger partial charge is 0.257 e. The van der Waals surface area contributed by atoms with Crippen LogP contribution in [0, 0.1) is 18.3 Å². The second-order valence-corrected chi connectivity index (χ2v) is 6.81. The molecule has 4 aromatic rings. The van der Waals surface area contributed by atoms with Crippen LogP contribution in [-0.2, 0) is 6.54 Å². The number of nitriles is 1. The number of aromatic nitrogens is 2. The molecule has 0 unspecified atom stereocenters. The Hall–Kier alpha value is -3.56. The zero-order chi connectivity index (χ0) is 19.7. The van der Waals surface area contributed by atoms with Gasteiger partial charge in [0.15, 0.2) is 0 Å². The number of hydrogen-bond donors (Lipinski definition) is 2. The molecular weight excluding hydrogens is 352 g/mol. The van der Waals surface area contributed by atoms with Crippen molar-refractivity contribution in [2.24, 2.45) is 0 Å². The van der Waals surface area contributed by atoms with E-state index in [-0.39, 0.29) is 12.1 Å². The molecule has 0 saturated carbocycles. The SMILES string of the molecule is Cc1cc(=O)n2c3ccccc3n(C[C@@H](O)CNc3ccccc3)c2c1C#N. The summed E-state index contributed by atoms with van der Waals surface area (Å²) < 4.78 is 3.41. The van der Waals surface area contributed by atoms with Crippen molar-refractivity contribution in [3.8, 4) is 6.07 Å². The fourth-order valence-electron chi connectivity index (χ4n) is 3.59. The maximum atomic E-state index is 12.7. The Bertz CT molecular complexity index is 1250. The van der Waals surface area contributed by atoms with Gasteiger partial charge < -0.3 is 15.0 Å². The molecular formula is C22H20N4O2. The summed E-state index contributed by atoms with van der Waals surface area (Å²) in [6.45, 7) is 2.37. The Morgan fingerprint density at radius 3 is 2.50 bits per heavy atom. The molecule has 0 aliphatic carbocycles. The van der Waals surface area contributed by atoms with E-state index in [9.17, 15) is 15.2 Å². The van der Waals surface area contributed by atoms with Gasteiger partial charge in [0.2, 0.25) is 0 Å². The molecule has 6 nitrogen and oxygen atoms in total. The molecule has 0 bridgehead atoms. The van der Waals surface area contributed by atoms with E-state index in [2.05, 4.69) is 11.4 Å². The maximum absolute atomic E-state index is 12.7. The fraction of sp³-hybridized carbons (Fsp3) is 0.182. The number of rotatable bonds is 5. The minimum atomic E-state index is -0.707. The summed E-state index contributed by atoms with van der Waals surface area (Å²) in [7, 11) is 0. The Kier molecular flexibility index (Phi) is 4.60. The average molecular weight is 372 g/mol. The van der Waals surface area contributed by atoms with Crippen molar-refractivity contribution in [1.82, 2.24) is 8.97 Å². The van der Waals surface area contributed by atoms with Gasteiger partial charge in [-0.05, 0) is 36.8 Å². The first-order chi connectivity index (χ1) is 13.6. The Morgan fingerprint density at radius 2 is 1.79 bits per heavy atom. The van der Waals surface area contributed by atoms with Crippen LogP contribution in [0.2, 0.25) is 0 Å². The third-order valence-corrected chi connectivity index (χ3v) is 4.88. The number of aliphatic hydroxyl groups is 1. The van der Waals surface area contributed by atoms with Crippen molar-refractivity contribution in [2.75, 3.05) is 11.9 Å². The molecule has 0 aliphatic rings. The number of pyridine rings is 1. The van der Waals surface area contributed by atoms with Crippen LogP contribution < -0.4 is 10.9 Å². The van der Waals surface area contributed by atoms with Crippen molar-refractivity contribution in [2.45, 2.75) is 19.6 Å². The predicted octanol–water partition coefficient (Wildman–Crippen LogP) is 2.91. The maximum Gasteiger partial charge on any atom is 0.257 e. The third kappa shape index (κ3) is 3.02. The van der Waals surface area contributed by atoms with Crippen molar-refractivity contribution in [3.63, 3.8) is 0 Å². The topological polar surface area (TPSA) is 82.5 Å². The van der Waals surface area contributed by atoms with Crippen LogP contribution in [0.15, 0.2) is 65.5 Å². The molecule has 0 saturated heterocycles. The Morgan fingerprint density at radius 1 is 1.11 bits per heavy atom. The summed E-state index contributed by atoms with van der Waals surface area (Å²) in [5, 5.41) is 23.5. The number of hydrogen-bond acceptors (Lipinski definition) is 4. The minimum absolute atomic E-state index is 0.182. The molecule has 4 rings (SSSR count). The van der Waals surface area contributed by atoms with Gasteiger partial charge in [0.05, 0.1) is 29.2 Å². The normalized spacial score (nSPS) is 12.2. The van der Waals surface area contributed by atoms with Crippen molar-refractivity contribution in [3.05, 3.63) is 82.1 Å². The van der Waals surface area contributed by atoms with Gasteiger partial charge in [-0.25, -0.2) is 0 Å². The van der Waals surface area contributed by atoms with Crippen LogP contribution in [0.3, 0.4) is 0 Å². The van der Waals surface area contributed by atoms with E-state index in [1.807, 2.05) is 59.2 Å². The van der Waals surface area contributed by atoms with E-state index in [1.54, 1.807) is 11.3 Å². The second-order valence-electron chi connectivity index (χ2n) is 6.81. The molecule has 6 heteroatoms. The molecule has 2 N–H and O–H groups in total. The number of fused-ring (bicyclic) bond motifs is 3. The van der Waals surface area contributed by atoms with Crippen LogP contribution >= 0.6 is 0 Å². The van der Waals surface area contributed by atoms with Crippen LogP contribution in [-0.4, -0.2) is 26.7 Å². The van der Waals surface area contributed by atoms with Crippen LogP contribution in [0.1, 0.15) is 11.1 Å². The van der Waals surface area contributed by atoms with E-state index in [0.717, 1.165) is 16.7 Å². The zero-order valence-electron chi connectivity index (χ0n) is 15.5. The molecule has 0 fully saturated rings. The number of imidazole rings is 1. The molecule has 0 radical (unpaired) electrons. The lowest BCUT2D eigenvalue weighted by Crippen LogP contribution is -2.25. The number of nitrogens with one attached hydrogen (secondary N) is 1. The van der Waals surface area contributed by atoms with Gasteiger partial charge in [-0.1, -0.05) is 30.3 Å². The number of aryl methyl sites for hydroxylation is 1. The summed E-state index contributed by atoms with van der Waals surface area (Å²) in [6, 6.07) is 20.9. The first kappa shape index (κ1) is 17.8. The van der Waals surface area contributed by atoms with Crippen LogP contribution in [0.5, 0.6) is 0 Å². The lowest BCUT2D eigenvalue weighted by molar-refractivity contribution is 0.169. The lowest BCUT2D eigenvalue weighted by atomic mass is 10.1. The van der Waals surface area contributed by atoms with Crippen LogP contribution in [0.25, 0.3) is 16.7 Å². The van der Waals surface area contributed by atoms with Crippen molar-refractivity contribution < 1.29 is 5.11 Å². The molecule has 0 amide bonds. The largest absolute Gasteiger partial charge is 0.389 e. The van der Waals surface area contributed by atoms with E-state index in [0.29, 0.717) is 23.3 Å². The average Bonchev–Trinajstić information content (AvgIpc) is 3.02. The summed E-state index contributed by atoms with van der Waals surface area (Å²) in [4.78, 5) is 12.7. The third-order valence-electron chi connectivity index (χ3n) is 4.88. The summed E-state index contributed by atoms with van der Waals surface area (Å²) in [5.74, 6) is 0. The van der Waals surface area contributed by atoms with Gasteiger partial charge >= 0.3 is 0 Å². The van der Waals surface area contributed by atoms with Crippen molar-refractivity contribution in [1.29, 1.82) is 5.26 Å². The van der Waals surface area contributed by atoms with E-state index < -0.39 is 6.10 Å². The number of benzene rings is 2. The summed E-state index contributed by atoms with van der Waals surface area (Å²) in [6.07, 6.45) is -0.707. The quantitative estimate of drug-likeness (QED) is 0.564. The standard InChI is InChI=1S/C22H20N4O2/c1-15-11-21(28)26-20-10-6-5-9-19(20)25(22(26)18(15)12-23)14-17(27)13-24-16-7-3-2-4-8-16/h2-11,17,24,27H,13-14H2,1H3/t17-/m0/s1. The number of anilines is 1.